The number of hydrogen-bond donors (Lipinski definition) is 0. The van der Waals surface area contributed by atoms with Gasteiger partial charge in [-0.3, -0.25) is 0 Å². The molecule has 3 aromatic rings. The molecule has 0 unspecified atom stereocenters. The summed E-state index contributed by atoms with van der Waals surface area (Å²) in [6, 6.07) is 24.7. The van der Waals surface area contributed by atoms with E-state index in [1.807, 2.05) is 42.5 Å². The molecular weight excluding hydrogens is 367 g/mol. The molecule has 1 aliphatic heterocycles. The standard InChI is InChI=1S/C24H24BClO2/c1-23(2)24(3,4)28-25(27-23)21-16-22(26)20(18-13-9-6-10-14-18)15-19(21)17-11-7-5-8-12-17/h5-16H,1-4H3. The van der Waals surface area contributed by atoms with E-state index in [9.17, 15) is 0 Å². The largest absolute Gasteiger partial charge is 0.495 e. The first-order valence-electron chi connectivity index (χ1n) is 9.58. The first-order valence-corrected chi connectivity index (χ1v) is 9.96. The Balaban J connectivity index is 1.88. The van der Waals surface area contributed by atoms with Crippen LogP contribution in [0, 0.1) is 0 Å². The molecule has 0 bridgehead atoms. The van der Waals surface area contributed by atoms with Crippen molar-refractivity contribution in [2.45, 2.75) is 38.9 Å². The van der Waals surface area contributed by atoms with Gasteiger partial charge in [0.05, 0.1) is 11.2 Å². The molecule has 0 N–H and O–H groups in total. The fraction of sp³-hybridized carbons (Fsp3) is 0.250. The van der Waals surface area contributed by atoms with E-state index < -0.39 is 18.3 Å². The summed E-state index contributed by atoms with van der Waals surface area (Å²) < 4.78 is 12.7. The van der Waals surface area contributed by atoms with E-state index in [-0.39, 0.29) is 0 Å². The number of hydrogen-bond acceptors (Lipinski definition) is 2. The van der Waals surface area contributed by atoms with Crippen molar-refractivity contribution in [3.8, 4) is 22.3 Å². The van der Waals surface area contributed by atoms with Gasteiger partial charge in [0.2, 0.25) is 0 Å². The predicted octanol–water partition coefficient (Wildman–Crippen LogP) is 5.97. The van der Waals surface area contributed by atoms with Gasteiger partial charge < -0.3 is 9.31 Å². The molecule has 0 amide bonds. The Bertz CT molecular complexity index is 968. The van der Waals surface area contributed by atoms with E-state index in [1.165, 1.54) is 0 Å². The van der Waals surface area contributed by atoms with Crippen molar-refractivity contribution < 1.29 is 9.31 Å². The maximum atomic E-state index is 6.73. The summed E-state index contributed by atoms with van der Waals surface area (Å²) in [5, 5.41) is 0.690. The molecule has 1 aliphatic rings. The van der Waals surface area contributed by atoms with E-state index in [4.69, 9.17) is 20.9 Å². The summed E-state index contributed by atoms with van der Waals surface area (Å²) in [5.74, 6) is 0. The summed E-state index contributed by atoms with van der Waals surface area (Å²) in [6.07, 6.45) is 0. The minimum Gasteiger partial charge on any atom is -0.399 e. The lowest BCUT2D eigenvalue weighted by Gasteiger charge is -2.32. The van der Waals surface area contributed by atoms with Crippen LogP contribution in [0.25, 0.3) is 22.3 Å². The molecule has 0 aromatic heterocycles. The second kappa shape index (κ2) is 7.07. The van der Waals surface area contributed by atoms with Gasteiger partial charge in [0, 0.05) is 10.6 Å². The molecule has 1 fully saturated rings. The molecule has 2 nitrogen and oxygen atoms in total. The van der Waals surface area contributed by atoms with Crippen molar-refractivity contribution in [3.63, 3.8) is 0 Å². The van der Waals surface area contributed by atoms with Crippen LogP contribution in [0.4, 0.5) is 0 Å². The molecule has 0 atom stereocenters. The van der Waals surface area contributed by atoms with Gasteiger partial charge in [0.25, 0.3) is 0 Å². The van der Waals surface area contributed by atoms with Crippen molar-refractivity contribution in [2.24, 2.45) is 0 Å². The summed E-state index contributed by atoms with van der Waals surface area (Å²) in [7, 11) is -0.470. The minimum absolute atomic E-state index is 0.407. The van der Waals surface area contributed by atoms with E-state index in [0.717, 1.165) is 27.7 Å². The van der Waals surface area contributed by atoms with Gasteiger partial charge in [-0.05, 0) is 62.0 Å². The molecule has 0 radical (unpaired) electrons. The molecule has 4 rings (SSSR count). The van der Waals surface area contributed by atoms with Gasteiger partial charge in [-0.2, -0.15) is 0 Å². The van der Waals surface area contributed by atoms with Crippen LogP contribution in [0.5, 0.6) is 0 Å². The van der Waals surface area contributed by atoms with Crippen molar-refractivity contribution in [1.82, 2.24) is 0 Å². The maximum Gasteiger partial charge on any atom is 0.495 e. The molecule has 4 heteroatoms. The van der Waals surface area contributed by atoms with E-state index in [0.29, 0.717) is 5.02 Å². The van der Waals surface area contributed by atoms with E-state index in [1.54, 1.807) is 0 Å². The SMILES string of the molecule is CC1(C)OB(c2cc(Cl)c(-c3ccccc3)cc2-c2ccccc2)OC1(C)C. The van der Waals surface area contributed by atoms with Crippen LogP contribution in [-0.4, -0.2) is 18.3 Å². The van der Waals surface area contributed by atoms with Crippen molar-refractivity contribution >= 4 is 24.2 Å². The van der Waals surface area contributed by atoms with Crippen LogP contribution in [0.15, 0.2) is 72.8 Å². The Morgan fingerprint density at radius 1 is 0.679 bits per heavy atom. The summed E-state index contributed by atoms with van der Waals surface area (Å²) in [4.78, 5) is 0. The predicted molar refractivity (Wildman–Crippen MR) is 118 cm³/mol. The second-order valence-electron chi connectivity index (χ2n) is 8.24. The van der Waals surface area contributed by atoms with Gasteiger partial charge in [0.1, 0.15) is 0 Å². The first kappa shape index (κ1) is 19.3. The van der Waals surface area contributed by atoms with E-state index >= 15 is 0 Å². The average molecular weight is 391 g/mol. The van der Waals surface area contributed by atoms with Crippen molar-refractivity contribution in [3.05, 3.63) is 77.8 Å². The van der Waals surface area contributed by atoms with Gasteiger partial charge in [-0.25, -0.2) is 0 Å². The van der Waals surface area contributed by atoms with Gasteiger partial charge in [0.15, 0.2) is 0 Å². The zero-order chi connectivity index (χ0) is 19.9. The molecule has 0 spiro atoms. The lowest BCUT2D eigenvalue weighted by molar-refractivity contribution is 0.00578. The third kappa shape index (κ3) is 3.39. The topological polar surface area (TPSA) is 18.5 Å². The summed E-state index contributed by atoms with van der Waals surface area (Å²) >= 11 is 6.73. The highest BCUT2D eigenvalue weighted by molar-refractivity contribution is 6.64. The first-order chi connectivity index (χ1) is 13.3. The quantitative estimate of drug-likeness (QED) is 0.513. The Hall–Kier alpha value is -2.07. The molecule has 28 heavy (non-hydrogen) atoms. The third-order valence-electron chi connectivity index (χ3n) is 5.82. The summed E-state index contributed by atoms with van der Waals surface area (Å²) in [5.41, 5.74) is 4.41. The second-order valence-corrected chi connectivity index (χ2v) is 8.65. The monoisotopic (exact) mass is 390 g/mol. The number of benzene rings is 3. The van der Waals surface area contributed by atoms with Gasteiger partial charge in [-0.15, -0.1) is 0 Å². The summed E-state index contributed by atoms with van der Waals surface area (Å²) in [6.45, 7) is 8.26. The van der Waals surface area contributed by atoms with Gasteiger partial charge >= 0.3 is 7.12 Å². The molecule has 142 valence electrons. The normalized spacial score (nSPS) is 17.7. The van der Waals surface area contributed by atoms with Gasteiger partial charge in [-0.1, -0.05) is 72.3 Å². The number of halogens is 1. The highest BCUT2D eigenvalue weighted by Gasteiger charge is 2.52. The Kier molecular flexibility index (Phi) is 4.87. The van der Waals surface area contributed by atoms with Crippen LogP contribution in [0.2, 0.25) is 5.02 Å². The van der Waals surface area contributed by atoms with Crippen LogP contribution in [0.1, 0.15) is 27.7 Å². The highest BCUT2D eigenvalue weighted by Crippen LogP contribution is 2.39. The Labute approximate surface area is 172 Å². The molecule has 0 aliphatic carbocycles. The zero-order valence-corrected chi connectivity index (χ0v) is 17.5. The lowest BCUT2D eigenvalue weighted by atomic mass is 9.73. The Morgan fingerprint density at radius 2 is 1.14 bits per heavy atom. The zero-order valence-electron chi connectivity index (χ0n) is 16.7. The molecule has 1 saturated heterocycles. The fourth-order valence-electron chi connectivity index (χ4n) is 3.46. The smallest absolute Gasteiger partial charge is 0.399 e. The Morgan fingerprint density at radius 3 is 1.64 bits per heavy atom. The third-order valence-corrected chi connectivity index (χ3v) is 6.13. The fourth-order valence-corrected chi connectivity index (χ4v) is 3.74. The van der Waals surface area contributed by atoms with E-state index in [2.05, 4.69) is 58.0 Å². The minimum atomic E-state index is -0.470. The van der Waals surface area contributed by atoms with Crippen LogP contribution in [0.3, 0.4) is 0 Å². The van der Waals surface area contributed by atoms with Crippen molar-refractivity contribution in [2.75, 3.05) is 0 Å². The molecular formula is C24H24BClO2. The van der Waals surface area contributed by atoms with Crippen LogP contribution >= 0.6 is 11.6 Å². The average Bonchev–Trinajstić information content (AvgIpc) is 2.90. The molecule has 0 saturated carbocycles. The van der Waals surface area contributed by atoms with Crippen LogP contribution in [-0.2, 0) is 9.31 Å². The maximum absolute atomic E-state index is 6.73. The highest BCUT2D eigenvalue weighted by atomic mass is 35.5. The van der Waals surface area contributed by atoms with Crippen LogP contribution < -0.4 is 5.46 Å². The van der Waals surface area contributed by atoms with Crippen molar-refractivity contribution in [1.29, 1.82) is 0 Å². The molecule has 3 aromatic carbocycles. The lowest BCUT2D eigenvalue weighted by Crippen LogP contribution is -2.41. The molecule has 1 heterocycles. The number of rotatable bonds is 3.